The van der Waals surface area contributed by atoms with Crippen LogP contribution in [-0.2, 0) is 14.9 Å². The number of aromatic nitrogens is 4. The molecule has 98 valence electrons. The normalized spacial score (nSPS) is 13.8. The summed E-state index contributed by atoms with van der Waals surface area (Å²) in [6, 6.07) is 3.64. The van der Waals surface area contributed by atoms with Crippen molar-refractivity contribution < 1.29 is 9.53 Å². The number of hydrogen-bond donors (Lipinski definition) is 0. The van der Waals surface area contributed by atoms with Gasteiger partial charge in [0.25, 0.3) is 5.78 Å². The van der Waals surface area contributed by atoms with Crippen molar-refractivity contribution in [2.24, 2.45) is 0 Å². The first kappa shape index (κ1) is 13.0. The van der Waals surface area contributed by atoms with Crippen LogP contribution in [0.5, 0.6) is 0 Å². The number of fused-ring (bicyclic) bond motifs is 1. The van der Waals surface area contributed by atoms with Crippen molar-refractivity contribution in [3.05, 3.63) is 23.8 Å². The van der Waals surface area contributed by atoms with Crippen molar-refractivity contribution >= 4 is 11.7 Å². The number of hydrogen-bond acceptors (Lipinski definition) is 6. The van der Waals surface area contributed by atoms with Gasteiger partial charge >= 0.3 is 5.97 Å². The van der Waals surface area contributed by atoms with Crippen molar-refractivity contribution in [3.63, 3.8) is 0 Å². The fourth-order valence-corrected chi connectivity index (χ4v) is 1.77. The minimum atomic E-state index is -1.45. The number of esters is 1. The number of carbonyl (C=O) groups excluding carboxylic acids is 1. The largest absolute Gasteiger partial charge is 0.465 e. The van der Waals surface area contributed by atoms with Crippen LogP contribution in [0.3, 0.4) is 0 Å². The molecule has 7 nitrogen and oxygen atoms in total. The molecule has 0 bridgehead atoms. The molecule has 0 aromatic carbocycles. The summed E-state index contributed by atoms with van der Waals surface area (Å²) in [5.74, 6) is -0.263. The van der Waals surface area contributed by atoms with Crippen molar-refractivity contribution in [1.29, 1.82) is 5.26 Å². The maximum Gasteiger partial charge on any atom is 0.332 e. The third-order valence-electron chi connectivity index (χ3n) is 2.80. The van der Waals surface area contributed by atoms with Gasteiger partial charge in [0, 0.05) is 5.69 Å². The minimum absolute atomic E-state index is 0.209. The smallest absolute Gasteiger partial charge is 0.332 e. The maximum atomic E-state index is 12.0. The molecule has 0 saturated heterocycles. The van der Waals surface area contributed by atoms with Gasteiger partial charge in [0.2, 0.25) is 0 Å². The third-order valence-corrected chi connectivity index (χ3v) is 2.80. The van der Waals surface area contributed by atoms with E-state index in [1.165, 1.54) is 17.8 Å². The summed E-state index contributed by atoms with van der Waals surface area (Å²) in [4.78, 5) is 20.2. The number of carbonyl (C=O) groups is 1. The molecule has 1 unspecified atom stereocenters. The van der Waals surface area contributed by atoms with Crippen molar-refractivity contribution in [1.82, 2.24) is 19.6 Å². The molecule has 0 fully saturated rings. The van der Waals surface area contributed by atoms with Gasteiger partial charge in [0.1, 0.15) is 6.33 Å². The Morgan fingerprint density at radius 1 is 1.63 bits per heavy atom. The van der Waals surface area contributed by atoms with Crippen LogP contribution < -0.4 is 0 Å². The van der Waals surface area contributed by atoms with Crippen molar-refractivity contribution in [3.8, 4) is 6.07 Å². The standard InChI is InChI=1S/C12H13N5O2/c1-4-19-10(18)12(3,6-13)9-5-8(2)16-11-14-7-15-17(9)11/h5,7H,4H2,1-3H3. The summed E-state index contributed by atoms with van der Waals surface area (Å²) >= 11 is 0. The number of nitriles is 1. The Morgan fingerprint density at radius 3 is 3.00 bits per heavy atom. The molecule has 0 radical (unpaired) electrons. The lowest BCUT2D eigenvalue weighted by Gasteiger charge is -2.20. The SMILES string of the molecule is CCOC(=O)C(C)(C#N)c1cc(C)nc2ncnn12. The van der Waals surface area contributed by atoms with E-state index in [0.29, 0.717) is 17.2 Å². The fourth-order valence-electron chi connectivity index (χ4n) is 1.77. The molecule has 2 rings (SSSR count). The predicted octanol–water partition coefficient (Wildman–Crippen LogP) is 0.777. The molecule has 0 aliphatic heterocycles. The molecule has 0 aliphatic carbocycles. The van der Waals surface area contributed by atoms with Crippen LogP contribution in [0.15, 0.2) is 12.4 Å². The summed E-state index contributed by atoms with van der Waals surface area (Å²) in [5, 5.41) is 13.4. The fraction of sp³-hybridized carbons (Fsp3) is 0.417. The van der Waals surface area contributed by atoms with Crippen LogP contribution in [0.1, 0.15) is 25.2 Å². The van der Waals surface area contributed by atoms with Gasteiger partial charge in [-0.1, -0.05) is 0 Å². The molecule has 2 heterocycles. The molecule has 0 spiro atoms. The average Bonchev–Trinajstić information content (AvgIpc) is 2.84. The van der Waals surface area contributed by atoms with Crippen LogP contribution >= 0.6 is 0 Å². The highest BCUT2D eigenvalue weighted by Crippen LogP contribution is 2.25. The maximum absolute atomic E-state index is 12.0. The van der Waals surface area contributed by atoms with Gasteiger partial charge in [-0.25, -0.2) is 9.78 Å². The highest BCUT2D eigenvalue weighted by atomic mass is 16.5. The average molecular weight is 259 g/mol. The molecule has 19 heavy (non-hydrogen) atoms. The lowest BCUT2D eigenvalue weighted by Crippen LogP contribution is -2.35. The second kappa shape index (κ2) is 4.65. The zero-order chi connectivity index (χ0) is 14.0. The van der Waals surface area contributed by atoms with Crippen molar-refractivity contribution in [2.75, 3.05) is 6.61 Å². The van der Waals surface area contributed by atoms with Gasteiger partial charge in [-0.05, 0) is 26.8 Å². The summed E-state index contributed by atoms with van der Waals surface area (Å²) in [7, 11) is 0. The Kier molecular flexibility index (Phi) is 3.17. The molecule has 0 N–H and O–H groups in total. The lowest BCUT2D eigenvalue weighted by molar-refractivity contribution is -0.147. The number of rotatable bonds is 3. The zero-order valence-electron chi connectivity index (χ0n) is 10.9. The Hall–Kier alpha value is -2.49. The van der Waals surface area contributed by atoms with E-state index >= 15 is 0 Å². The second-order valence-corrected chi connectivity index (χ2v) is 4.21. The van der Waals surface area contributed by atoms with Crippen molar-refractivity contribution in [2.45, 2.75) is 26.2 Å². The zero-order valence-corrected chi connectivity index (χ0v) is 10.9. The molecule has 0 aliphatic rings. The second-order valence-electron chi connectivity index (χ2n) is 4.21. The van der Waals surface area contributed by atoms with E-state index in [4.69, 9.17) is 4.74 Å². The molecule has 0 amide bonds. The molecule has 2 aromatic heterocycles. The molecular formula is C12H13N5O2. The number of aryl methyl sites for hydroxylation is 1. The quantitative estimate of drug-likeness (QED) is 0.756. The molecular weight excluding hydrogens is 246 g/mol. The third kappa shape index (κ3) is 2.01. The monoisotopic (exact) mass is 259 g/mol. The van der Waals surface area contributed by atoms with Crippen LogP contribution in [0, 0.1) is 18.3 Å². The Labute approximate surface area is 109 Å². The summed E-state index contributed by atoms with van der Waals surface area (Å²) in [6.45, 7) is 5.17. The molecule has 7 heteroatoms. The van der Waals surface area contributed by atoms with E-state index < -0.39 is 11.4 Å². The first-order chi connectivity index (χ1) is 9.02. The van der Waals surface area contributed by atoms with Gasteiger partial charge < -0.3 is 4.74 Å². The van der Waals surface area contributed by atoms with Crippen LogP contribution in [0.25, 0.3) is 5.78 Å². The highest BCUT2D eigenvalue weighted by Gasteiger charge is 2.40. The van der Waals surface area contributed by atoms with E-state index in [0.717, 1.165) is 0 Å². The van der Waals surface area contributed by atoms with Gasteiger partial charge in [-0.15, -0.1) is 0 Å². The Bertz CT molecular complexity index is 672. The Morgan fingerprint density at radius 2 is 2.37 bits per heavy atom. The van der Waals surface area contributed by atoms with Gasteiger partial charge in [-0.2, -0.15) is 19.9 Å². The van der Waals surface area contributed by atoms with E-state index in [1.54, 1.807) is 19.9 Å². The van der Waals surface area contributed by atoms with Crippen LogP contribution in [-0.4, -0.2) is 32.2 Å². The van der Waals surface area contributed by atoms with Gasteiger partial charge in [-0.3, -0.25) is 0 Å². The first-order valence-corrected chi connectivity index (χ1v) is 5.79. The minimum Gasteiger partial charge on any atom is -0.465 e. The van der Waals surface area contributed by atoms with E-state index in [9.17, 15) is 10.1 Å². The van der Waals surface area contributed by atoms with E-state index in [1.807, 2.05) is 6.07 Å². The van der Waals surface area contributed by atoms with Crippen LogP contribution in [0.4, 0.5) is 0 Å². The van der Waals surface area contributed by atoms with Gasteiger partial charge in [0.15, 0.2) is 5.41 Å². The molecule has 1 atom stereocenters. The number of ether oxygens (including phenoxy) is 1. The Balaban J connectivity index is 2.67. The van der Waals surface area contributed by atoms with E-state index in [2.05, 4.69) is 15.1 Å². The first-order valence-electron chi connectivity index (χ1n) is 5.79. The van der Waals surface area contributed by atoms with E-state index in [-0.39, 0.29) is 6.61 Å². The predicted molar refractivity (Wildman–Crippen MR) is 65.1 cm³/mol. The molecule has 2 aromatic rings. The number of nitrogens with zero attached hydrogens (tertiary/aromatic N) is 5. The summed E-state index contributed by atoms with van der Waals surface area (Å²) in [6.07, 6.45) is 1.33. The summed E-state index contributed by atoms with van der Waals surface area (Å²) in [5.41, 5.74) is -0.398. The lowest BCUT2D eigenvalue weighted by atomic mass is 9.88. The van der Waals surface area contributed by atoms with Gasteiger partial charge in [0.05, 0.1) is 18.4 Å². The van der Waals surface area contributed by atoms with Crippen LogP contribution in [0.2, 0.25) is 0 Å². The summed E-state index contributed by atoms with van der Waals surface area (Å²) < 4.78 is 6.36. The highest BCUT2D eigenvalue weighted by molar-refractivity contribution is 5.85. The topological polar surface area (TPSA) is 93.2 Å². The molecule has 0 saturated carbocycles.